The van der Waals surface area contributed by atoms with Gasteiger partial charge in [0.15, 0.2) is 0 Å². The predicted molar refractivity (Wildman–Crippen MR) is 139 cm³/mol. The number of nitrogens with zero attached hydrogens (tertiary/aromatic N) is 4. The van der Waals surface area contributed by atoms with Gasteiger partial charge in [-0.3, -0.25) is 28.5 Å². The first-order valence-corrected chi connectivity index (χ1v) is 12.5. The molecule has 1 N–H and O–H groups in total. The maximum Gasteiger partial charge on any atom is 0.308 e. The van der Waals surface area contributed by atoms with Crippen LogP contribution in [0.4, 0.5) is 5.82 Å². The van der Waals surface area contributed by atoms with Gasteiger partial charge in [-0.15, -0.1) is 0 Å². The van der Waals surface area contributed by atoms with E-state index in [1.54, 1.807) is 36.2 Å². The summed E-state index contributed by atoms with van der Waals surface area (Å²) < 4.78 is 11.8. The largest absolute Gasteiger partial charge is 0.466 e. The van der Waals surface area contributed by atoms with Crippen molar-refractivity contribution in [3.8, 4) is 0 Å². The Morgan fingerprint density at radius 1 is 1.33 bits per heavy atom. The van der Waals surface area contributed by atoms with Gasteiger partial charge in [-0.05, 0) is 25.1 Å². The van der Waals surface area contributed by atoms with Crippen LogP contribution in [-0.2, 0) is 23.9 Å². The molecule has 36 heavy (non-hydrogen) atoms. The van der Waals surface area contributed by atoms with E-state index in [-0.39, 0.29) is 47.7 Å². The number of thiocarbonyl (C=S) groups is 1. The zero-order chi connectivity index (χ0) is 25.8. The number of methoxy groups -OCH3 is 1. The van der Waals surface area contributed by atoms with Crippen LogP contribution in [-0.4, -0.2) is 82.4 Å². The minimum atomic E-state index is -0.931. The third-order valence-corrected chi connectivity index (χ3v) is 7.06. The van der Waals surface area contributed by atoms with Gasteiger partial charge in [0.1, 0.15) is 21.8 Å². The van der Waals surface area contributed by atoms with Crippen molar-refractivity contribution < 1.29 is 23.9 Å². The maximum atomic E-state index is 13.6. The molecule has 2 aliphatic heterocycles. The highest BCUT2D eigenvalue weighted by Crippen LogP contribution is 2.34. The van der Waals surface area contributed by atoms with E-state index in [1.165, 1.54) is 22.5 Å². The van der Waals surface area contributed by atoms with Gasteiger partial charge in [0.2, 0.25) is 5.91 Å². The van der Waals surface area contributed by atoms with Crippen molar-refractivity contribution in [2.24, 2.45) is 0 Å². The van der Waals surface area contributed by atoms with E-state index in [1.807, 2.05) is 0 Å². The summed E-state index contributed by atoms with van der Waals surface area (Å²) in [5.41, 5.74) is 0.0660. The van der Waals surface area contributed by atoms with Gasteiger partial charge in [-0.1, -0.05) is 30.0 Å². The standard InChI is InChI=1S/C23H25N5O6S2/c1-3-34-18(29)13-15-20(30)24-7-9-26(15)19-14(21(31)27-8-5-4-6-17(27)25-19)12-16-22(32)28(10-11-33-2)23(35)36-16/h4-6,8,12,15H,3,7,9-11,13H2,1-2H3,(H,24,30)/b16-12-. The van der Waals surface area contributed by atoms with Crippen LogP contribution in [0.15, 0.2) is 34.1 Å². The number of thioether (sulfide) groups is 1. The SMILES string of the molecule is CCOC(=O)CC1C(=O)NCCN1c1nc2ccccn2c(=O)c1/C=C1\SC(=S)N(CCOC)C1=O. The minimum Gasteiger partial charge on any atom is -0.466 e. The van der Waals surface area contributed by atoms with E-state index in [0.29, 0.717) is 29.7 Å². The quantitative estimate of drug-likeness (QED) is 0.297. The lowest BCUT2D eigenvalue weighted by molar-refractivity contribution is -0.145. The first kappa shape index (κ1) is 25.8. The molecule has 1 unspecified atom stereocenters. The summed E-state index contributed by atoms with van der Waals surface area (Å²) >= 11 is 6.44. The number of anilines is 1. The number of amides is 2. The minimum absolute atomic E-state index is 0.120. The number of rotatable bonds is 8. The number of carbonyl (C=O) groups is 3. The summed E-state index contributed by atoms with van der Waals surface area (Å²) in [6.45, 7) is 3.06. The molecule has 2 amide bonds. The number of ether oxygens (including phenoxy) is 2. The zero-order valence-corrected chi connectivity index (χ0v) is 21.4. The Kier molecular flexibility index (Phi) is 8.01. The summed E-state index contributed by atoms with van der Waals surface area (Å²) in [6.07, 6.45) is 2.83. The van der Waals surface area contributed by atoms with Crippen molar-refractivity contribution in [1.82, 2.24) is 19.6 Å². The molecule has 4 rings (SSSR count). The van der Waals surface area contributed by atoms with Crippen LogP contribution in [0, 0.1) is 0 Å². The Morgan fingerprint density at radius 3 is 2.89 bits per heavy atom. The predicted octanol–water partition coefficient (Wildman–Crippen LogP) is 0.800. The molecule has 0 radical (unpaired) electrons. The Labute approximate surface area is 216 Å². The highest BCUT2D eigenvalue weighted by atomic mass is 32.2. The van der Waals surface area contributed by atoms with E-state index in [2.05, 4.69) is 10.3 Å². The highest BCUT2D eigenvalue weighted by Gasteiger charge is 2.36. The molecular weight excluding hydrogens is 506 g/mol. The molecule has 2 aromatic rings. The molecule has 13 heteroatoms. The second kappa shape index (κ2) is 11.2. The smallest absolute Gasteiger partial charge is 0.308 e. The van der Waals surface area contributed by atoms with Gasteiger partial charge in [-0.25, -0.2) is 4.98 Å². The molecule has 2 saturated heterocycles. The lowest BCUT2D eigenvalue weighted by atomic mass is 10.1. The number of pyridine rings is 1. The number of hydrogen-bond donors (Lipinski definition) is 1. The van der Waals surface area contributed by atoms with Crippen molar-refractivity contribution in [3.63, 3.8) is 0 Å². The molecule has 0 spiro atoms. The third kappa shape index (κ3) is 5.13. The molecule has 0 bridgehead atoms. The van der Waals surface area contributed by atoms with Crippen molar-refractivity contribution >= 4 is 63.6 Å². The monoisotopic (exact) mass is 531 g/mol. The molecule has 1 atom stereocenters. The Bertz CT molecular complexity index is 1310. The molecule has 0 saturated carbocycles. The van der Waals surface area contributed by atoms with Crippen molar-refractivity contribution in [3.05, 3.63) is 45.2 Å². The van der Waals surface area contributed by atoms with Gasteiger partial charge >= 0.3 is 5.97 Å². The molecule has 0 aromatic carbocycles. The van der Waals surface area contributed by atoms with Crippen LogP contribution in [0.25, 0.3) is 11.7 Å². The van der Waals surface area contributed by atoms with E-state index in [9.17, 15) is 19.2 Å². The second-order valence-corrected chi connectivity index (χ2v) is 9.59. The van der Waals surface area contributed by atoms with Gasteiger partial charge in [0, 0.05) is 26.4 Å². The molecular formula is C23H25N5O6S2. The summed E-state index contributed by atoms with van der Waals surface area (Å²) in [5.74, 6) is -1.05. The van der Waals surface area contributed by atoms with Gasteiger partial charge in [0.25, 0.3) is 11.5 Å². The van der Waals surface area contributed by atoms with Gasteiger partial charge in [0.05, 0.1) is 36.6 Å². The van der Waals surface area contributed by atoms with Crippen LogP contribution in [0.1, 0.15) is 18.9 Å². The van der Waals surface area contributed by atoms with Crippen LogP contribution in [0.3, 0.4) is 0 Å². The lowest BCUT2D eigenvalue weighted by Crippen LogP contribution is -2.57. The van der Waals surface area contributed by atoms with Crippen molar-refractivity contribution in [1.29, 1.82) is 0 Å². The van der Waals surface area contributed by atoms with E-state index in [0.717, 1.165) is 11.8 Å². The molecule has 2 aromatic heterocycles. The van der Waals surface area contributed by atoms with Crippen molar-refractivity contribution in [2.75, 3.05) is 44.9 Å². The summed E-state index contributed by atoms with van der Waals surface area (Å²) in [4.78, 5) is 59.7. The highest BCUT2D eigenvalue weighted by molar-refractivity contribution is 8.26. The van der Waals surface area contributed by atoms with Crippen LogP contribution in [0.2, 0.25) is 0 Å². The topological polar surface area (TPSA) is 123 Å². The summed E-state index contributed by atoms with van der Waals surface area (Å²) in [6, 6.07) is 4.18. The van der Waals surface area contributed by atoms with Crippen LogP contribution in [0.5, 0.6) is 0 Å². The number of carbonyl (C=O) groups excluding carboxylic acids is 3. The number of aromatic nitrogens is 2. The average molecular weight is 532 g/mol. The van der Waals surface area contributed by atoms with E-state index < -0.39 is 17.6 Å². The van der Waals surface area contributed by atoms with E-state index in [4.69, 9.17) is 21.7 Å². The average Bonchev–Trinajstić information content (AvgIpc) is 3.12. The Hall–Kier alpha value is -3.29. The molecule has 11 nitrogen and oxygen atoms in total. The zero-order valence-electron chi connectivity index (χ0n) is 19.8. The number of piperazine rings is 1. The van der Waals surface area contributed by atoms with Gasteiger partial charge < -0.3 is 19.7 Å². The molecule has 2 fully saturated rings. The summed E-state index contributed by atoms with van der Waals surface area (Å²) in [5, 5.41) is 2.75. The first-order chi connectivity index (χ1) is 17.3. The van der Waals surface area contributed by atoms with E-state index >= 15 is 0 Å². The molecule has 4 heterocycles. The fourth-order valence-electron chi connectivity index (χ4n) is 3.99. The fourth-order valence-corrected chi connectivity index (χ4v) is 5.28. The number of fused-ring (bicyclic) bond motifs is 1. The van der Waals surface area contributed by atoms with Crippen molar-refractivity contribution in [2.45, 2.75) is 19.4 Å². The maximum absolute atomic E-state index is 13.6. The number of esters is 1. The van der Waals surface area contributed by atoms with Gasteiger partial charge in [-0.2, -0.15) is 0 Å². The summed E-state index contributed by atoms with van der Waals surface area (Å²) in [7, 11) is 1.53. The first-order valence-electron chi connectivity index (χ1n) is 11.3. The fraction of sp³-hybridized carbons (Fsp3) is 0.391. The third-order valence-electron chi connectivity index (χ3n) is 5.69. The van der Waals surface area contributed by atoms with Crippen LogP contribution >= 0.6 is 24.0 Å². The lowest BCUT2D eigenvalue weighted by Gasteiger charge is -2.36. The molecule has 190 valence electrons. The number of nitrogens with one attached hydrogen (secondary N) is 1. The molecule has 2 aliphatic rings. The second-order valence-electron chi connectivity index (χ2n) is 7.92. The Balaban J connectivity index is 1.83. The van der Waals surface area contributed by atoms with Crippen LogP contribution < -0.4 is 15.8 Å². The number of hydrogen-bond acceptors (Lipinski definition) is 10. The molecule has 0 aliphatic carbocycles. The Morgan fingerprint density at radius 2 is 2.14 bits per heavy atom. The normalized spacial score (nSPS) is 19.3.